The fraction of sp³-hybridized carbons (Fsp3) is 0.625. The first kappa shape index (κ1) is 10.5. The number of hydrogen-bond acceptors (Lipinski definition) is 5. The van der Waals surface area contributed by atoms with Gasteiger partial charge in [-0.25, -0.2) is 9.42 Å². The maximum absolute atomic E-state index is 11.1. The van der Waals surface area contributed by atoms with Crippen molar-refractivity contribution in [3.05, 3.63) is 5.69 Å². The van der Waals surface area contributed by atoms with Crippen molar-refractivity contribution in [2.45, 2.75) is 20.8 Å². The Morgan fingerprint density at radius 2 is 2.29 bits per heavy atom. The first-order valence-electron chi connectivity index (χ1n) is 4.32. The molecule has 1 N–H and O–H groups in total. The van der Waals surface area contributed by atoms with E-state index in [-0.39, 0.29) is 0 Å². The van der Waals surface area contributed by atoms with Crippen LogP contribution in [0.3, 0.4) is 0 Å². The Labute approximate surface area is 81.6 Å². The van der Waals surface area contributed by atoms with Crippen LogP contribution in [0.2, 0.25) is 0 Å². The zero-order valence-electron chi connectivity index (χ0n) is 8.40. The van der Waals surface area contributed by atoms with Crippen LogP contribution in [-0.2, 0) is 4.74 Å². The molecule has 0 saturated carbocycles. The lowest BCUT2D eigenvalue weighted by atomic mass is 10.2. The SMILES string of the molecule is Cc1nonc1NC(=O)OCC(C)C. The number of carbonyl (C=O) groups is 1. The van der Waals surface area contributed by atoms with E-state index in [1.54, 1.807) is 6.92 Å². The summed E-state index contributed by atoms with van der Waals surface area (Å²) in [5.74, 6) is 0.594. The Hall–Kier alpha value is -1.59. The molecule has 14 heavy (non-hydrogen) atoms. The molecule has 0 atom stereocenters. The molecule has 0 radical (unpaired) electrons. The first-order valence-corrected chi connectivity index (χ1v) is 4.32. The Morgan fingerprint density at radius 3 is 2.79 bits per heavy atom. The average Bonchev–Trinajstić information content (AvgIpc) is 2.49. The predicted octanol–water partition coefficient (Wildman–Crippen LogP) is 1.58. The van der Waals surface area contributed by atoms with Crippen LogP contribution in [-0.4, -0.2) is 23.0 Å². The van der Waals surface area contributed by atoms with Gasteiger partial charge in [-0.1, -0.05) is 19.0 Å². The number of anilines is 1. The van der Waals surface area contributed by atoms with Crippen molar-refractivity contribution < 1.29 is 14.2 Å². The molecule has 1 aromatic rings. The highest BCUT2D eigenvalue weighted by Crippen LogP contribution is 2.07. The molecule has 1 amide bonds. The lowest BCUT2D eigenvalue weighted by molar-refractivity contribution is 0.147. The summed E-state index contributed by atoms with van der Waals surface area (Å²) in [5, 5.41) is 9.41. The third kappa shape index (κ3) is 3.04. The van der Waals surface area contributed by atoms with Crippen LogP contribution < -0.4 is 5.32 Å². The number of amides is 1. The van der Waals surface area contributed by atoms with Crippen molar-refractivity contribution in [2.24, 2.45) is 5.92 Å². The van der Waals surface area contributed by atoms with Gasteiger partial charge in [0.1, 0.15) is 5.69 Å². The van der Waals surface area contributed by atoms with Crippen LogP contribution >= 0.6 is 0 Å². The number of ether oxygens (including phenoxy) is 1. The summed E-state index contributed by atoms with van der Waals surface area (Å²) >= 11 is 0. The molecular weight excluding hydrogens is 186 g/mol. The molecule has 0 aromatic carbocycles. The molecule has 0 fully saturated rings. The largest absolute Gasteiger partial charge is 0.449 e. The fourth-order valence-corrected chi connectivity index (χ4v) is 0.720. The van der Waals surface area contributed by atoms with Crippen LogP contribution in [0.5, 0.6) is 0 Å². The normalized spacial score (nSPS) is 10.3. The third-order valence-corrected chi connectivity index (χ3v) is 1.42. The van der Waals surface area contributed by atoms with E-state index in [2.05, 4.69) is 20.3 Å². The van der Waals surface area contributed by atoms with E-state index >= 15 is 0 Å². The van der Waals surface area contributed by atoms with Crippen molar-refractivity contribution in [3.63, 3.8) is 0 Å². The lowest BCUT2D eigenvalue weighted by Crippen LogP contribution is -2.17. The number of nitrogens with one attached hydrogen (secondary N) is 1. The Morgan fingerprint density at radius 1 is 1.57 bits per heavy atom. The fourth-order valence-electron chi connectivity index (χ4n) is 0.720. The second-order valence-electron chi connectivity index (χ2n) is 3.32. The minimum Gasteiger partial charge on any atom is -0.449 e. The summed E-state index contributed by atoms with van der Waals surface area (Å²) < 4.78 is 9.27. The molecule has 0 spiro atoms. The Balaban J connectivity index is 2.38. The Bertz CT molecular complexity index is 309. The van der Waals surface area contributed by atoms with Gasteiger partial charge in [0.15, 0.2) is 0 Å². The smallest absolute Gasteiger partial charge is 0.412 e. The maximum atomic E-state index is 11.1. The number of rotatable bonds is 3. The molecule has 1 aromatic heterocycles. The number of nitrogens with zero attached hydrogens (tertiary/aromatic N) is 2. The van der Waals surface area contributed by atoms with Crippen molar-refractivity contribution >= 4 is 11.9 Å². The number of aryl methyl sites for hydroxylation is 1. The molecule has 1 rings (SSSR count). The molecule has 6 nitrogen and oxygen atoms in total. The van der Waals surface area contributed by atoms with Gasteiger partial charge in [-0.05, 0) is 18.0 Å². The van der Waals surface area contributed by atoms with E-state index in [9.17, 15) is 4.79 Å². The maximum Gasteiger partial charge on any atom is 0.412 e. The van der Waals surface area contributed by atoms with E-state index in [1.165, 1.54) is 0 Å². The average molecular weight is 199 g/mol. The highest BCUT2D eigenvalue weighted by Gasteiger charge is 2.10. The Kier molecular flexibility index (Phi) is 3.44. The number of aromatic nitrogens is 2. The molecule has 0 aliphatic heterocycles. The van der Waals surface area contributed by atoms with Crippen LogP contribution in [0.4, 0.5) is 10.6 Å². The van der Waals surface area contributed by atoms with E-state index in [4.69, 9.17) is 4.74 Å². The molecule has 6 heteroatoms. The highest BCUT2D eigenvalue weighted by atomic mass is 16.6. The first-order chi connectivity index (χ1) is 6.59. The molecule has 1 heterocycles. The molecule has 0 aliphatic carbocycles. The molecule has 0 saturated heterocycles. The zero-order valence-corrected chi connectivity index (χ0v) is 8.40. The van der Waals surface area contributed by atoms with Gasteiger partial charge in [0.05, 0.1) is 6.61 Å². The van der Waals surface area contributed by atoms with Gasteiger partial charge >= 0.3 is 6.09 Å². The molecule has 0 aliphatic rings. The van der Waals surface area contributed by atoms with Crippen LogP contribution in [0.1, 0.15) is 19.5 Å². The van der Waals surface area contributed by atoms with Crippen LogP contribution in [0.15, 0.2) is 4.63 Å². The summed E-state index contributed by atoms with van der Waals surface area (Å²) in [4.78, 5) is 11.1. The summed E-state index contributed by atoms with van der Waals surface area (Å²) in [6.07, 6.45) is -0.544. The van der Waals surface area contributed by atoms with E-state index < -0.39 is 6.09 Å². The minimum atomic E-state index is -0.544. The second kappa shape index (κ2) is 4.59. The van der Waals surface area contributed by atoms with Gasteiger partial charge < -0.3 is 4.74 Å². The van der Waals surface area contributed by atoms with E-state index in [0.717, 1.165) is 0 Å². The molecular formula is C8H13N3O3. The zero-order chi connectivity index (χ0) is 10.6. The molecule has 78 valence electrons. The second-order valence-corrected chi connectivity index (χ2v) is 3.32. The molecule has 0 unspecified atom stereocenters. The number of hydrogen-bond donors (Lipinski definition) is 1. The van der Waals surface area contributed by atoms with Gasteiger partial charge in [0.25, 0.3) is 0 Å². The minimum absolute atomic E-state index is 0.291. The summed E-state index contributed by atoms with van der Waals surface area (Å²) in [7, 11) is 0. The van der Waals surface area contributed by atoms with Crippen molar-refractivity contribution in [1.82, 2.24) is 10.3 Å². The highest BCUT2D eigenvalue weighted by molar-refractivity contribution is 5.83. The lowest BCUT2D eigenvalue weighted by Gasteiger charge is -2.06. The van der Waals surface area contributed by atoms with Gasteiger partial charge in [-0.2, -0.15) is 0 Å². The topological polar surface area (TPSA) is 77.3 Å². The van der Waals surface area contributed by atoms with Gasteiger partial charge in [0, 0.05) is 0 Å². The summed E-state index contributed by atoms with van der Waals surface area (Å²) in [5.41, 5.74) is 0.520. The standard InChI is InChI=1S/C8H13N3O3/c1-5(2)4-13-8(12)9-7-6(3)10-14-11-7/h5H,4H2,1-3H3,(H,9,11,12). The van der Waals surface area contributed by atoms with Gasteiger partial charge in [-0.3, -0.25) is 5.32 Å². The quantitative estimate of drug-likeness (QED) is 0.799. The molecule has 0 bridgehead atoms. The summed E-state index contributed by atoms with van der Waals surface area (Å²) in [6.45, 7) is 5.96. The van der Waals surface area contributed by atoms with Gasteiger partial charge in [-0.15, -0.1) is 0 Å². The van der Waals surface area contributed by atoms with E-state index in [0.29, 0.717) is 24.0 Å². The van der Waals surface area contributed by atoms with Crippen molar-refractivity contribution in [2.75, 3.05) is 11.9 Å². The van der Waals surface area contributed by atoms with Gasteiger partial charge in [0.2, 0.25) is 5.82 Å². The summed E-state index contributed by atoms with van der Waals surface area (Å²) in [6, 6.07) is 0. The third-order valence-electron chi connectivity index (χ3n) is 1.42. The van der Waals surface area contributed by atoms with Crippen molar-refractivity contribution in [1.29, 1.82) is 0 Å². The number of carbonyl (C=O) groups excluding carboxylic acids is 1. The van der Waals surface area contributed by atoms with Crippen molar-refractivity contribution in [3.8, 4) is 0 Å². The predicted molar refractivity (Wildman–Crippen MR) is 48.8 cm³/mol. The van der Waals surface area contributed by atoms with E-state index in [1.807, 2.05) is 13.8 Å². The monoisotopic (exact) mass is 199 g/mol. The van der Waals surface area contributed by atoms with Crippen LogP contribution in [0, 0.1) is 12.8 Å². The van der Waals surface area contributed by atoms with Crippen LogP contribution in [0.25, 0.3) is 0 Å².